The molecule has 1 amide bonds. The van der Waals surface area contributed by atoms with Crippen molar-refractivity contribution in [1.29, 1.82) is 0 Å². The monoisotopic (exact) mass is 428 g/mol. The van der Waals surface area contributed by atoms with Crippen molar-refractivity contribution in [2.24, 2.45) is 0 Å². The third kappa shape index (κ3) is 6.50. The van der Waals surface area contributed by atoms with Crippen LogP contribution < -0.4 is 15.0 Å². The van der Waals surface area contributed by atoms with E-state index in [-0.39, 0.29) is 30.3 Å². The van der Waals surface area contributed by atoms with E-state index in [0.717, 1.165) is 5.82 Å². The number of hydrogen-bond acceptors (Lipinski definition) is 5. The molecule has 0 aliphatic carbocycles. The number of anilines is 1. The van der Waals surface area contributed by atoms with Crippen molar-refractivity contribution in [3.63, 3.8) is 0 Å². The summed E-state index contributed by atoms with van der Waals surface area (Å²) in [5, 5.41) is 3.23. The van der Waals surface area contributed by atoms with E-state index in [9.17, 15) is 18.0 Å². The molecule has 10 heteroatoms. The Labute approximate surface area is 171 Å². The van der Waals surface area contributed by atoms with E-state index in [2.05, 4.69) is 19.9 Å². The number of carbonyl (C=O) groups excluding carboxylic acids is 1. The Kier molecular flexibility index (Phi) is 6.81. The molecule has 0 saturated carbocycles. The van der Waals surface area contributed by atoms with Crippen molar-refractivity contribution in [1.82, 2.24) is 15.2 Å². The van der Waals surface area contributed by atoms with Gasteiger partial charge < -0.3 is 15.0 Å². The van der Waals surface area contributed by atoms with Crippen LogP contribution in [0.15, 0.2) is 42.6 Å². The SMILES string of the molecule is O=C(CN1CCN(c2ccc(Cl)cn2)CC1)NCc1ccccc1OC(F)(F)F. The van der Waals surface area contributed by atoms with Crippen LogP contribution >= 0.6 is 11.6 Å². The highest BCUT2D eigenvalue weighted by atomic mass is 35.5. The fourth-order valence-electron chi connectivity index (χ4n) is 3.02. The zero-order chi connectivity index (χ0) is 20.9. The van der Waals surface area contributed by atoms with Crippen LogP contribution in [0.5, 0.6) is 5.75 Å². The number of halogens is 4. The summed E-state index contributed by atoms with van der Waals surface area (Å²) in [7, 11) is 0. The predicted octanol–water partition coefficient (Wildman–Crippen LogP) is 3.07. The Balaban J connectivity index is 1.46. The van der Waals surface area contributed by atoms with Gasteiger partial charge in [0.2, 0.25) is 5.91 Å². The van der Waals surface area contributed by atoms with E-state index >= 15 is 0 Å². The van der Waals surface area contributed by atoms with Crippen molar-refractivity contribution < 1.29 is 22.7 Å². The molecule has 1 fully saturated rings. The first kappa shape index (κ1) is 21.2. The number of nitrogens with zero attached hydrogens (tertiary/aromatic N) is 3. The molecule has 2 heterocycles. The Hall–Kier alpha value is -2.52. The predicted molar refractivity (Wildman–Crippen MR) is 103 cm³/mol. The van der Waals surface area contributed by atoms with Crippen LogP contribution in [0.4, 0.5) is 19.0 Å². The number of piperazine rings is 1. The first-order valence-corrected chi connectivity index (χ1v) is 9.37. The first-order valence-electron chi connectivity index (χ1n) is 8.99. The van der Waals surface area contributed by atoms with E-state index in [1.807, 2.05) is 11.0 Å². The summed E-state index contributed by atoms with van der Waals surface area (Å²) < 4.78 is 41.4. The smallest absolute Gasteiger partial charge is 0.405 e. The van der Waals surface area contributed by atoms with Gasteiger partial charge in [0.1, 0.15) is 11.6 Å². The summed E-state index contributed by atoms with van der Waals surface area (Å²) >= 11 is 5.85. The lowest BCUT2D eigenvalue weighted by Gasteiger charge is -2.35. The average molecular weight is 429 g/mol. The van der Waals surface area contributed by atoms with Crippen LogP contribution in [0.25, 0.3) is 0 Å². The second-order valence-electron chi connectivity index (χ2n) is 6.53. The topological polar surface area (TPSA) is 57.7 Å². The summed E-state index contributed by atoms with van der Waals surface area (Å²) in [6, 6.07) is 9.38. The quantitative estimate of drug-likeness (QED) is 0.766. The standard InChI is InChI=1S/C19H20ClF3N4O2/c20-15-5-6-17(24-12-15)27-9-7-26(8-10-27)13-18(28)25-11-14-3-1-2-4-16(14)29-19(21,22)23/h1-6,12H,7-11,13H2,(H,25,28). The Morgan fingerprint density at radius 2 is 1.86 bits per heavy atom. The van der Waals surface area contributed by atoms with E-state index in [0.29, 0.717) is 31.2 Å². The number of amides is 1. The second-order valence-corrected chi connectivity index (χ2v) is 6.97. The van der Waals surface area contributed by atoms with Crippen molar-refractivity contribution >= 4 is 23.3 Å². The van der Waals surface area contributed by atoms with Crippen LogP contribution in [0.1, 0.15) is 5.56 Å². The summed E-state index contributed by atoms with van der Waals surface area (Å²) in [5.74, 6) is 0.258. The van der Waals surface area contributed by atoms with E-state index in [1.54, 1.807) is 18.3 Å². The van der Waals surface area contributed by atoms with Gasteiger partial charge in [-0.25, -0.2) is 4.98 Å². The molecule has 1 N–H and O–H groups in total. The zero-order valence-electron chi connectivity index (χ0n) is 15.5. The minimum absolute atomic E-state index is 0.0419. The highest BCUT2D eigenvalue weighted by molar-refractivity contribution is 6.30. The van der Waals surface area contributed by atoms with Crippen LogP contribution in [0.3, 0.4) is 0 Å². The number of hydrogen-bond donors (Lipinski definition) is 1. The van der Waals surface area contributed by atoms with Gasteiger partial charge in [-0.1, -0.05) is 29.8 Å². The van der Waals surface area contributed by atoms with Crippen molar-refractivity contribution in [2.75, 3.05) is 37.6 Å². The molecule has 1 saturated heterocycles. The van der Waals surface area contributed by atoms with E-state index in [1.165, 1.54) is 18.2 Å². The fraction of sp³-hybridized carbons (Fsp3) is 0.368. The van der Waals surface area contributed by atoms with Gasteiger partial charge in [-0.2, -0.15) is 0 Å². The lowest BCUT2D eigenvalue weighted by atomic mass is 10.2. The maximum Gasteiger partial charge on any atom is 0.573 e. The molecule has 0 bridgehead atoms. The van der Waals surface area contributed by atoms with Gasteiger partial charge in [0.05, 0.1) is 11.6 Å². The Bertz CT molecular complexity index is 825. The van der Waals surface area contributed by atoms with Gasteiger partial charge in [0, 0.05) is 44.5 Å². The largest absolute Gasteiger partial charge is 0.573 e. The number of alkyl halides is 3. The summed E-state index contributed by atoms with van der Waals surface area (Å²) in [6.07, 6.45) is -3.18. The maximum atomic E-state index is 12.5. The number of pyridine rings is 1. The Morgan fingerprint density at radius 3 is 2.52 bits per heavy atom. The van der Waals surface area contributed by atoms with Crippen LogP contribution in [-0.2, 0) is 11.3 Å². The molecular weight excluding hydrogens is 409 g/mol. The van der Waals surface area contributed by atoms with Gasteiger partial charge >= 0.3 is 6.36 Å². The summed E-state index contributed by atoms with van der Waals surface area (Å²) in [5.41, 5.74) is 0.261. The number of rotatable bonds is 6. The normalized spacial score (nSPS) is 15.2. The third-order valence-corrected chi connectivity index (χ3v) is 4.67. The molecule has 0 unspecified atom stereocenters. The highest BCUT2D eigenvalue weighted by Crippen LogP contribution is 2.26. The summed E-state index contributed by atoms with van der Waals surface area (Å²) in [6.45, 7) is 2.90. The zero-order valence-corrected chi connectivity index (χ0v) is 16.2. The molecule has 3 rings (SSSR count). The first-order chi connectivity index (χ1) is 13.8. The molecule has 1 aromatic carbocycles. The van der Waals surface area contributed by atoms with Gasteiger partial charge in [-0.3, -0.25) is 9.69 Å². The van der Waals surface area contributed by atoms with Crippen LogP contribution in [0.2, 0.25) is 5.02 Å². The summed E-state index contributed by atoms with van der Waals surface area (Å²) in [4.78, 5) is 20.6. The molecule has 1 aliphatic rings. The molecule has 0 spiro atoms. The molecule has 2 aromatic rings. The number of para-hydroxylation sites is 1. The average Bonchev–Trinajstić information content (AvgIpc) is 2.67. The van der Waals surface area contributed by atoms with Crippen LogP contribution in [-0.4, -0.2) is 54.9 Å². The van der Waals surface area contributed by atoms with E-state index < -0.39 is 6.36 Å². The number of nitrogens with one attached hydrogen (secondary N) is 1. The van der Waals surface area contributed by atoms with Gasteiger partial charge in [-0.15, -0.1) is 13.2 Å². The van der Waals surface area contributed by atoms with E-state index in [4.69, 9.17) is 11.6 Å². The molecular formula is C19H20ClF3N4O2. The lowest BCUT2D eigenvalue weighted by molar-refractivity contribution is -0.274. The lowest BCUT2D eigenvalue weighted by Crippen LogP contribution is -2.49. The Morgan fingerprint density at radius 1 is 1.14 bits per heavy atom. The molecule has 1 aliphatic heterocycles. The second kappa shape index (κ2) is 9.32. The molecule has 156 valence electrons. The van der Waals surface area contributed by atoms with Crippen LogP contribution in [0, 0.1) is 0 Å². The molecule has 1 aromatic heterocycles. The minimum Gasteiger partial charge on any atom is -0.405 e. The molecule has 6 nitrogen and oxygen atoms in total. The van der Waals surface area contributed by atoms with Crippen molar-refractivity contribution in [3.05, 3.63) is 53.2 Å². The number of aromatic nitrogens is 1. The van der Waals surface area contributed by atoms with Crippen molar-refractivity contribution in [2.45, 2.75) is 12.9 Å². The molecule has 0 atom stereocenters. The molecule has 0 radical (unpaired) electrons. The third-order valence-electron chi connectivity index (χ3n) is 4.45. The van der Waals surface area contributed by atoms with Gasteiger partial charge in [-0.05, 0) is 18.2 Å². The maximum absolute atomic E-state index is 12.5. The fourth-order valence-corrected chi connectivity index (χ4v) is 3.13. The number of carbonyl (C=O) groups is 1. The number of ether oxygens (including phenoxy) is 1. The van der Waals surface area contributed by atoms with Crippen molar-refractivity contribution in [3.8, 4) is 5.75 Å². The van der Waals surface area contributed by atoms with Gasteiger partial charge in [0.15, 0.2) is 0 Å². The minimum atomic E-state index is -4.78. The highest BCUT2D eigenvalue weighted by Gasteiger charge is 2.32. The molecule has 29 heavy (non-hydrogen) atoms. The van der Waals surface area contributed by atoms with Gasteiger partial charge in [0.25, 0.3) is 0 Å². The number of benzene rings is 1.